The maximum absolute atomic E-state index is 10.4. The normalized spacial score (nSPS) is 8.73. The maximum Gasteiger partial charge on any atom is 0.335 e. The van der Waals surface area contributed by atoms with Crippen LogP contribution in [0.5, 0.6) is 5.75 Å². The van der Waals surface area contributed by atoms with E-state index in [4.69, 9.17) is 14.9 Å². The number of benzene rings is 1. The number of hydrogen-bond donors (Lipinski definition) is 2. The topological polar surface area (TPSA) is 66.8 Å². The molecule has 0 spiro atoms. The van der Waals surface area contributed by atoms with E-state index in [-0.39, 0.29) is 18.8 Å². The predicted molar refractivity (Wildman–Crippen MR) is 57.3 cm³/mol. The molecular formula is C11H16O4. The maximum atomic E-state index is 10.4. The average Bonchev–Trinajstić information content (AvgIpc) is 2.29. The zero-order valence-corrected chi connectivity index (χ0v) is 8.93. The van der Waals surface area contributed by atoms with Crippen LogP contribution < -0.4 is 4.74 Å². The summed E-state index contributed by atoms with van der Waals surface area (Å²) in [6.07, 6.45) is 0. The molecule has 1 rings (SSSR count). The number of rotatable bonds is 4. The molecule has 0 amide bonds. The monoisotopic (exact) mass is 212 g/mol. The van der Waals surface area contributed by atoms with Gasteiger partial charge in [0.25, 0.3) is 0 Å². The molecule has 0 bridgehead atoms. The molecule has 0 unspecified atom stereocenters. The molecule has 2 N–H and O–H groups in total. The van der Waals surface area contributed by atoms with Crippen LogP contribution in [0.25, 0.3) is 0 Å². The Morgan fingerprint density at radius 1 is 1.27 bits per heavy atom. The van der Waals surface area contributed by atoms with Crippen molar-refractivity contribution in [3.05, 3.63) is 29.8 Å². The highest BCUT2D eigenvalue weighted by Crippen LogP contribution is 2.11. The summed E-state index contributed by atoms with van der Waals surface area (Å²) in [4.78, 5) is 10.4. The lowest BCUT2D eigenvalue weighted by Gasteiger charge is -2.03. The Kier molecular flexibility index (Phi) is 7.01. The molecule has 1 aromatic rings. The van der Waals surface area contributed by atoms with Crippen LogP contribution in [0.1, 0.15) is 24.2 Å². The predicted octanol–water partition coefficient (Wildman–Crippen LogP) is 1.78. The minimum absolute atomic E-state index is 0.0549. The average molecular weight is 212 g/mol. The van der Waals surface area contributed by atoms with Crippen molar-refractivity contribution < 1.29 is 19.7 Å². The smallest absolute Gasteiger partial charge is 0.335 e. The van der Waals surface area contributed by atoms with E-state index in [9.17, 15) is 4.79 Å². The molecule has 0 aliphatic heterocycles. The first-order valence-corrected chi connectivity index (χ1v) is 4.81. The summed E-state index contributed by atoms with van der Waals surface area (Å²) in [5.74, 6) is -0.409. The van der Waals surface area contributed by atoms with Gasteiger partial charge in [-0.25, -0.2) is 4.79 Å². The number of carbonyl (C=O) groups is 1. The molecule has 0 atom stereocenters. The first-order chi connectivity index (χ1) is 7.24. The van der Waals surface area contributed by atoms with Gasteiger partial charge < -0.3 is 14.9 Å². The van der Waals surface area contributed by atoms with E-state index in [1.807, 2.05) is 13.8 Å². The fraction of sp³-hybridized carbons (Fsp3) is 0.364. The summed E-state index contributed by atoms with van der Waals surface area (Å²) < 4.78 is 5.05. The number of aliphatic hydroxyl groups is 1. The van der Waals surface area contributed by atoms with E-state index in [0.717, 1.165) is 0 Å². The SMILES string of the molecule is CC.O=C(O)c1ccc(OCCO)cc1. The Bertz CT molecular complexity index is 279. The zero-order chi connectivity index (χ0) is 11.7. The van der Waals surface area contributed by atoms with Gasteiger partial charge in [0.1, 0.15) is 12.4 Å². The van der Waals surface area contributed by atoms with Crippen molar-refractivity contribution >= 4 is 5.97 Å². The molecule has 0 aromatic heterocycles. The van der Waals surface area contributed by atoms with Gasteiger partial charge in [0, 0.05) is 0 Å². The van der Waals surface area contributed by atoms with Crippen LogP contribution in [-0.2, 0) is 0 Å². The zero-order valence-electron chi connectivity index (χ0n) is 8.93. The summed E-state index contributed by atoms with van der Waals surface area (Å²) in [6, 6.07) is 6.02. The molecule has 0 aliphatic carbocycles. The Morgan fingerprint density at radius 3 is 2.20 bits per heavy atom. The van der Waals surface area contributed by atoms with Crippen molar-refractivity contribution in [2.24, 2.45) is 0 Å². The summed E-state index contributed by atoms with van der Waals surface area (Å²) in [7, 11) is 0. The van der Waals surface area contributed by atoms with Gasteiger partial charge in [-0.2, -0.15) is 0 Å². The van der Waals surface area contributed by atoms with Gasteiger partial charge >= 0.3 is 5.97 Å². The molecule has 4 nitrogen and oxygen atoms in total. The lowest BCUT2D eigenvalue weighted by molar-refractivity contribution is 0.0697. The van der Waals surface area contributed by atoms with Gasteiger partial charge in [-0.1, -0.05) is 13.8 Å². The molecule has 1 aromatic carbocycles. The highest BCUT2D eigenvalue weighted by Gasteiger charge is 2.01. The van der Waals surface area contributed by atoms with Crippen molar-refractivity contribution in [1.29, 1.82) is 0 Å². The third-order valence-corrected chi connectivity index (χ3v) is 1.46. The molecule has 4 heteroatoms. The molecular weight excluding hydrogens is 196 g/mol. The van der Waals surface area contributed by atoms with Gasteiger partial charge in [0.15, 0.2) is 0 Å². The number of aliphatic hydroxyl groups excluding tert-OH is 1. The van der Waals surface area contributed by atoms with E-state index in [1.165, 1.54) is 12.1 Å². The Morgan fingerprint density at radius 2 is 1.80 bits per heavy atom. The van der Waals surface area contributed by atoms with Gasteiger partial charge in [0.05, 0.1) is 12.2 Å². The van der Waals surface area contributed by atoms with Gasteiger partial charge in [-0.15, -0.1) is 0 Å². The number of aromatic carboxylic acids is 1. The fourth-order valence-electron chi connectivity index (χ4n) is 0.857. The number of carboxylic acid groups (broad SMARTS) is 1. The lowest BCUT2D eigenvalue weighted by atomic mass is 10.2. The van der Waals surface area contributed by atoms with Gasteiger partial charge in [-0.3, -0.25) is 0 Å². The fourth-order valence-corrected chi connectivity index (χ4v) is 0.857. The van der Waals surface area contributed by atoms with Gasteiger partial charge in [0.2, 0.25) is 0 Å². The molecule has 84 valence electrons. The van der Waals surface area contributed by atoms with Crippen molar-refractivity contribution in [1.82, 2.24) is 0 Å². The first kappa shape index (κ1) is 13.4. The molecule has 0 heterocycles. The first-order valence-electron chi connectivity index (χ1n) is 4.81. The van der Waals surface area contributed by atoms with Crippen LogP contribution in [0.2, 0.25) is 0 Å². The summed E-state index contributed by atoms with van der Waals surface area (Å²) in [5.41, 5.74) is 0.219. The summed E-state index contributed by atoms with van der Waals surface area (Å²) >= 11 is 0. The molecule has 0 radical (unpaired) electrons. The largest absolute Gasteiger partial charge is 0.491 e. The summed E-state index contributed by atoms with van der Waals surface area (Å²) in [5, 5.41) is 17.0. The highest BCUT2D eigenvalue weighted by atomic mass is 16.5. The summed E-state index contributed by atoms with van der Waals surface area (Å²) in [6.45, 7) is 4.16. The number of ether oxygens (including phenoxy) is 1. The van der Waals surface area contributed by atoms with E-state index in [1.54, 1.807) is 12.1 Å². The van der Waals surface area contributed by atoms with Crippen molar-refractivity contribution in [3.8, 4) is 5.75 Å². The third kappa shape index (κ3) is 5.02. The number of hydrogen-bond acceptors (Lipinski definition) is 3. The molecule has 0 saturated heterocycles. The van der Waals surface area contributed by atoms with Crippen molar-refractivity contribution in [2.45, 2.75) is 13.8 Å². The van der Waals surface area contributed by atoms with E-state index in [0.29, 0.717) is 5.75 Å². The minimum atomic E-state index is -0.964. The van der Waals surface area contributed by atoms with Gasteiger partial charge in [-0.05, 0) is 24.3 Å². The van der Waals surface area contributed by atoms with E-state index in [2.05, 4.69) is 0 Å². The second-order valence-corrected chi connectivity index (χ2v) is 2.40. The Labute approximate surface area is 89.1 Å². The second-order valence-electron chi connectivity index (χ2n) is 2.40. The van der Waals surface area contributed by atoms with Crippen LogP contribution >= 0.6 is 0 Å². The quantitative estimate of drug-likeness (QED) is 0.798. The minimum Gasteiger partial charge on any atom is -0.491 e. The van der Waals surface area contributed by atoms with Crippen LogP contribution in [0, 0.1) is 0 Å². The van der Waals surface area contributed by atoms with Crippen LogP contribution in [0.15, 0.2) is 24.3 Å². The third-order valence-electron chi connectivity index (χ3n) is 1.46. The standard InChI is InChI=1S/C9H10O4.C2H6/c10-5-6-13-8-3-1-7(2-4-8)9(11)12;1-2/h1-4,10H,5-6H2,(H,11,12);1-2H3. The molecule has 0 saturated carbocycles. The van der Waals surface area contributed by atoms with Crippen LogP contribution in [-0.4, -0.2) is 29.4 Å². The second kappa shape index (κ2) is 7.82. The van der Waals surface area contributed by atoms with Crippen molar-refractivity contribution in [3.63, 3.8) is 0 Å². The molecule has 15 heavy (non-hydrogen) atoms. The van der Waals surface area contributed by atoms with Crippen molar-refractivity contribution in [2.75, 3.05) is 13.2 Å². The number of carboxylic acids is 1. The van der Waals surface area contributed by atoms with Crippen LogP contribution in [0.4, 0.5) is 0 Å². The molecule has 0 fully saturated rings. The van der Waals surface area contributed by atoms with E-state index >= 15 is 0 Å². The van der Waals surface area contributed by atoms with Crippen LogP contribution in [0.3, 0.4) is 0 Å². The Balaban J connectivity index is 0.000000921. The molecule has 0 aliphatic rings. The lowest BCUT2D eigenvalue weighted by Crippen LogP contribution is -2.02. The Hall–Kier alpha value is -1.55. The highest BCUT2D eigenvalue weighted by molar-refractivity contribution is 5.87. The van der Waals surface area contributed by atoms with E-state index < -0.39 is 5.97 Å².